The van der Waals surface area contributed by atoms with E-state index < -0.39 is 24.1 Å². The molecule has 1 aromatic rings. The van der Waals surface area contributed by atoms with Crippen molar-refractivity contribution >= 4 is 29.6 Å². The summed E-state index contributed by atoms with van der Waals surface area (Å²) < 4.78 is 5.23. The minimum Gasteiger partial charge on any atom is -0.480 e. The molecule has 3 rings (SSSR count). The van der Waals surface area contributed by atoms with Gasteiger partial charge in [0.25, 0.3) is 0 Å². The van der Waals surface area contributed by atoms with E-state index in [0.717, 1.165) is 23.5 Å². The number of aliphatic carboxylic acids is 1. The summed E-state index contributed by atoms with van der Waals surface area (Å²) in [6.07, 6.45) is 3.16. The summed E-state index contributed by atoms with van der Waals surface area (Å²) in [5.41, 5.74) is 0.717. The summed E-state index contributed by atoms with van der Waals surface area (Å²) in [6, 6.07) is 7.71. The molecule has 1 amide bonds. The van der Waals surface area contributed by atoms with Gasteiger partial charge in [0, 0.05) is 5.75 Å². The molecule has 8 heteroatoms. The minimum absolute atomic E-state index is 0.249. The van der Waals surface area contributed by atoms with Crippen LogP contribution < -0.4 is 5.32 Å². The quantitative estimate of drug-likeness (QED) is 0.560. The molecule has 7 nitrogen and oxygen atoms in total. The number of esters is 1. The maximum absolute atomic E-state index is 13.5. The van der Waals surface area contributed by atoms with E-state index in [1.54, 1.807) is 30.5 Å². The molecule has 1 spiro atoms. The number of hydrogen-bond acceptors (Lipinski definition) is 6. The third-order valence-electron chi connectivity index (χ3n) is 6.27. The first-order valence-corrected chi connectivity index (χ1v) is 12.1. The predicted octanol–water partition coefficient (Wildman–Crippen LogP) is 2.48. The minimum atomic E-state index is -0.958. The number of hydrogen-bond donors (Lipinski definition) is 2. The van der Waals surface area contributed by atoms with E-state index in [1.165, 1.54) is 0 Å². The number of thioether (sulfide) groups is 1. The number of likely N-dealkylation sites (tertiary alicyclic amines) is 1. The Morgan fingerprint density at radius 3 is 2.65 bits per heavy atom. The van der Waals surface area contributed by atoms with Crippen LogP contribution in [-0.4, -0.2) is 69.6 Å². The van der Waals surface area contributed by atoms with Crippen molar-refractivity contribution in [1.29, 1.82) is 0 Å². The highest BCUT2D eigenvalue weighted by molar-refractivity contribution is 7.99. The zero-order chi connectivity index (χ0) is 22.4. The molecular weight excluding hydrogens is 416 g/mol. The van der Waals surface area contributed by atoms with Crippen molar-refractivity contribution in [3.8, 4) is 0 Å². The second-order valence-corrected chi connectivity index (χ2v) is 9.45. The van der Waals surface area contributed by atoms with Gasteiger partial charge in [0.15, 0.2) is 0 Å². The number of carbonyl (C=O) groups is 3. The standard InChI is InChI=1S/C23H32N2O5S/c1-3-30-22(29)18(10-9-17-7-5-4-6-8-17)24-16(2)20(26)25-19(21(27)28)11-12-23(25)13-14-31-15-23/h4-8,16,18-19,24H,3,9-15H2,1-2H3,(H,27,28)/t16-,18?,19?,23?/m0/s1. The highest BCUT2D eigenvalue weighted by Gasteiger charge is 2.53. The zero-order valence-electron chi connectivity index (χ0n) is 18.2. The lowest BCUT2D eigenvalue weighted by Gasteiger charge is -2.39. The molecule has 31 heavy (non-hydrogen) atoms. The van der Waals surface area contributed by atoms with Gasteiger partial charge < -0.3 is 14.7 Å². The molecule has 0 radical (unpaired) electrons. The normalized spacial score (nSPS) is 24.8. The fraction of sp³-hybridized carbons (Fsp3) is 0.609. The average molecular weight is 449 g/mol. The molecule has 2 aliphatic rings. The van der Waals surface area contributed by atoms with E-state index in [1.807, 2.05) is 30.3 Å². The van der Waals surface area contributed by atoms with Crippen molar-refractivity contribution in [3.05, 3.63) is 35.9 Å². The van der Waals surface area contributed by atoms with Gasteiger partial charge in [-0.15, -0.1) is 0 Å². The van der Waals surface area contributed by atoms with Crippen LogP contribution in [0, 0.1) is 0 Å². The van der Waals surface area contributed by atoms with Gasteiger partial charge in [-0.25, -0.2) is 4.79 Å². The summed E-state index contributed by atoms with van der Waals surface area (Å²) in [6.45, 7) is 3.73. The SMILES string of the molecule is CCOC(=O)C(CCc1ccccc1)N[C@@H](C)C(=O)N1C(C(=O)O)CCC12CCSC2. The first-order valence-electron chi connectivity index (χ1n) is 11.0. The molecule has 170 valence electrons. The highest BCUT2D eigenvalue weighted by atomic mass is 32.2. The third-order valence-corrected chi connectivity index (χ3v) is 7.50. The lowest BCUT2D eigenvalue weighted by molar-refractivity contribution is -0.153. The lowest BCUT2D eigenvalue weighted by Crippen LogP contribution is -2.59. The Balaban J connectivity index is 1.72. The Labute approximate surface area is 187 Å². The van der Waals surface area contributed by atoms with Gasteiger partial charge in [-0.1, -0.05) is 30.3 Å². The van der Waals surface area contributed by atoms with Crippen LogP contribution in [0.4, 0.5) is 0 Å². The Kier molecular flexibility index (Phi) is 8.00. The van der Waals surface area contributed by atoms with E-state index in [9.17, 15) is 19.5 Å². The van der Waals surface area contributed by atoms with Crippen LogP contribution in [0.5, 0.6) is 0 Å². The van der Waals surface area contributed by atoms with Crippen LogP contribution in [-0.2, 0) is 25.5 Å². The van der Waals surface area contributed by atoms with Crippen molar-refractivity contribution in [3.63, 3.8) is 0 Å². The first-order chi connectivity index (χ1) is 14.9. The lowest BCUT2D eigenvalue weighted by atomic mass is 9.95. The summed E-state index contributed by atoms with van der Waals surface area (Å²) in [5, 5.41) is 12.9. The number of carboxylic acid groups (broad SMARTS) is 1. The van der Waals surface area contributed by atoms with Crippen molar-refractivity contribution in [2.75, 3.05) is 18.1 Å². The van der Waals surface area contributed by atoms with Crippen molar-refractivity contribution < 1.29 is 24.2 Å². The van der Waals surface area contributed by atoms with Crippen LogP contribution >= 0.6 is 11.8 Å². The fourth-order valence-corrected chi connectivity index (χ4v) is 6.12. The van der Waals surface area contributed by atoms with Gasteiger partial charge in [-0.05, 0) is 57.3 Å². The predicted molar refractivity (Wildman–Crippen MR) is 120 cm³/mol. The van der Waals surface area contributed by atoms with Gasteiger partial charge in [0.05, 0.1) is 18.2 Å². The van der Waals surface area contributed by atoms with Gasteiger partial charge >= 0.3 is 11.9 Å². The number of ether oxygens (including phenoxy) is 1. The van der Waals surface area contributed by atoms with E-state index >= 15 is 0 Å². The molecule has 0 aromatic heterocycles. The molecule has 0 aliphatic carbocycles. The molecule has 0 saturated carbocycles. The molecule has 2 heterocycles. The van der Waals surface area contributed by atoms with Crippen LogP contribution in [0.2, 0.25) is 0 Å². The number of nitrogens with zero attached hydrogens (tertiary/aromatic N) is 1. The molecule has 4 atom stereocenters. The Bertz CT molecular complexity index is 781. The van der Waals surface area contributed by atoms with Crippen LogP contribution in [0.15, 0.2) is 30.3 Å². The van der Waals surface area contributed by atoms with Crippen molar-refractivity contribution in [2.24, 2.45) is 0 Å². The second-order valence-electron chi connectivity index (χ2n) is 8.35. The number of aryl methyl sites for hydroxylation is 1. The summed E-state index contributed by atoms with van der Waals surface area (Å²) in [7, 11) is 0. The van der Waals surface area contributed by atoms with E-state index in [0.29, 0.717) is 25.7 Å². The maximum Gasteiger partial charge on any atom is 0.326 e. The molecule has 2 aliphatic heterocycles. The number of nitrogens with one attached hydrogen (secondary N) is 1. The van der Waals surface area contributed by atoms with Crippen LogP contribution in [0.3, 0.4) is 0 Å². The Morgan fingerprint density at radius 2 is 2.03 bits per heavy atom. The van der Waals surface area contributed by atoms with Crippen molar-refractivity contribution in [1.82, 2.24) is 10.2 Å². The average Bonchev–Trinajstić information content (AvgIpc) is 3.38. The van der Waals surface area contributed by atoms with Crippen LogP contribution in [0.1, 0.15) is 45.1 Å². The highest BCUT2D eigenvalue weighted by Crippen LogP contribution is 2.44. The largest absolute Gasteiger partial charge is 0.480 e. The summed E-state index contributed by atoms with van der Waals surface area (Å²) >= 11 is 1.77. The zero-order valence-corrected chi connectivity index (χ0v) is 19.0. The molecule has 2 N–H and O–H groups in total. The maximum atomic E-state index is 13.5. The number of carbonyl (C=O) groups excluding carboxylic acids is 2. The van der Waals surface area contributed by atoms with Crippen molar-refractivity contribution in [2.45, 2.75) is 69.6 Å². The smallest absolute Gasteiger partial charge is 0.326 e. The van der Waals surface area contributed by atoms with E-state index in [-0.39, 0.29) is 24.0 Å². The number of benzene rings is 1. The monoisotopic (exact) mass is 448 g/mol. The van der Waals surface area contributed by atoms with Crippen LogP contribution in [0.25, 0.3) is 0 Å². The van der Waals surface area contributed by atoms with E-state index in [4.69, 9.17) is 4.74 Å². The summed E-state index contributed by atoms with van der Waals surface area (Å²) in [5.74, 6) is 0.104. The van der Waals surface area contributed by atoms with Gasteiger partial charge in [0.1, 0.15) is 12.1 Å². The molecule has 3 unspecified atom stereocenters. The Hall–Kier alpha value is -2.06. The molecule has 2 saturated heterocycles. The Morgan fingerprint density at radius 1 is 1.29 bits per heavy atom. The first kappa shape index (κ1) is 23.6. The number of rotatable bonds is 9. The molecule has 2 fully saturated rings. The van der Waals surface area contributed by atoms with Gasteiger partial charge in [-0.2, -0.15) is 11.8 Å². The van der Waals surface area contributed by atoms with Gasteiger partial charge in [0.2, 0.25) is 5.91 Å². The van der Waals surface area contributed by atoms with Gasteiger partial charge in [-0.3, -0.25) is 14.9 Å². The fourth-order valence-electron chi connectivity index (χ4n) is 4.64. The molecular formula is C23H32N2O5S. The molecule has 1 aromatic carbocycles. The topological polar surface area (TPSA) is 95.9 Å². The number of carboxylic acids is 1. The van der Waals surface area contributed by atoms with E-state index in [2.05, 4.69) is 5.32 Å². The summed E-state index contributed by atoms with van der Waals surface area (Å²) in [4.78, 5) is 39.5. The number of amides is 1. The second kappa shape index (κ2) is 10.5. The third kappa shape index (κ3) is 5.41. The molecule has 0 bridgehead atoms.